The molecular weight excluding hydrogens is 282 g/mol. The summed E-state index contributed by atoms with van der Waals surface area (Å²) in [7, 11) is -0.332. The van der Waals surface area contributed by atoms with Gasteiger partial charge in [0.05, 0.1) is 0 Å². The second-order valence-corrected chi connectivity index (χ2v) is 8.30. The molecule has 8 heteroatoms. The molecule has 1 unspecified atom stereocenters. The molecular formula is C12H23N3O4S. The van der Waals surface area contributed by atoms with E-state index in [1.807, 2.05) is 0 Å². The van der Waals surface area contributed by atoms with Crippen LogP contribution >= 0.6 is 0 Å². The van der Waals surface area contributed by atoms with Crippen molar-refractivity contribution in [1.82, 2.24) is 15.1 Å². The molecule has 1 aliphatic heterocycles. The number of hydrogen-bond donors (Lipinski definition) is 1. The first-order valence-corrected chi connectivity index (χ1v) is 8.32. The summed E-state index contributed by atoms with van der Waals surface area (Å²) in [5.74, 6) is -0.739. The Morgan fingerprint density at radius 1 is 1.30 bits per heavy atom. The fourth-order valence-corrected chi connectivity index (χ4v) is 2.40. The SMILES string of the molecule is CN(C)C(=O)C1CNCCN1C(=O)C(C)(C)S(C)(=O)=O. The maximum Gasteiger partial charge on any atom is 0.246 e. The first-order chi connectivity index (χ1) is 9.00. The highest BCUT2D eigenvalue weighted by Crippen LogP contribution is 2.21. The fraction of sp³-hybridized carbons (Fsp3) is 0.833. The van der Waals surface area contributed by atoms with Crippen LogP contribution in [0, 0.1) is 0 Å². The zero-order chi connectivity index (χ0) is 15.7. The smallest absolute Gasteiger partial charge is 0.246 e. The van der Waals surface area contributed by atoms with Crippen LogP contribution < -0.4 is 5.32 Å². The van der Waals surface area contributed by atoms with Gasteiger partial charge in [0.2, 0.25) is 11.8 Å². The molecule has 0 aromatic carbocycles. The summed E-state index contributed by atoms with van der Waals surface area (Å²) in [6, 6.07) is -0.660. The molecule has 7 nitrogen and oxygen atoms in total. The van der Waals surface area contributed by atoms with Gasteiger partial charge in [-0.05, 0) is 13.8 Å². The van der Waals surface area contributed by atoms with E-state index >= 15 is 0 Å². The van der Waals surface area contributed by atoms with E-state index in [0.29, 0.717) is 19.6 Å². The molecule has 1 heterocycles. The average Bonchev–Trinajstić information content (AvgIpc) is 2.35. The van der Waals surface area contributed by atoms with Crippen LogP contribution in [0.4, 0.5) is 0 Å². The molecule has 1 atom stereocenters. The molecule has 0 aliphatic carbocycles. The third kappa shape index (κ3) is 3.12. The number of nitrogens with zero attached hydrogens (tertiary/aromatic N) is 2. The van der Waals surface area contributed by atoms with Gasteiger partial charge in [0.1, 0.15) is 10.8 Å². The molecule has 1 N–H and O–H groups in total. The highest BCUT2D eigenvalue weighted by Gasteiger charge is 2.45. The van der Waals surface area contributed by atoms with Gasteiger partial charge in [-0.2, -0.15) is 0 Å². The first kappa shape index (κ1) is 16.9. The standard InChI is InChI=1S/C12H23N3O4S/c1-12(2,20(5,18)19)11(17)15-7-6-13-8-9(15)10(16)14(3)4/h9,13H,6-8H2,1-5H3. The summed E-state index contributed by atoms with van der Waals surface area (Å²) < 4.78 is 22.0. The van der Waals surface area contributed by atoms with Gasteiger partial charge < -0.3 is 15.1 Å². The Morgan fingerprint density at radius 3 is 2.30 bits per heavy atom. The van der Waals surface area contributed by atoms with Crippen molar-refractivity contribution in [3.63, 3.8) is 0 Å². The van der Waals surface area contributed by atoms with Gasteiger partial charge >= 0.3 is 0 Å². The summed E-state index contributed by atoms with van der Waals surface area (Å²) in [5.41, 5.74) is 0. The van der Waals surface area contributed by atoms with E-state index in [1.165, 1.54) is 23.6 Å². The minimum absolute atomic E-state index is 0.213. The maximum absolute atomic E-state index is 12.6. The van der Waals surface area contributed by atoms with Gasteiger partial charge in [0.15, 0.2) is 9.84 Å². The lowest BCUT2D eigenvalue weighted by Gasteiger charge is -2.39. The van der Waals surface area contributed by atoms with Crippen molar-refractivity contribution in [2.24, 2.45) is 0 Å². The van der Waals surface area contributed by atoms with E-state index in [2.05, 4.69) is 5.32 Å². The zero-order valence-corrected chi connectivity index (χ0v) is 13.5. The van der Waals surface area contributed by atoms with Crippen LogP contribution in [0.5, 0.6) is 0 Å². The lowest BCUT2D eigenvalue weighted by Crippen LogP contribution is -2.63. The molecule has 116 valence electrons. The van der Waals surface area contributed by atoms with E-state index in [-0.39, 0.29) is 5.91 Å². The Labute approximate surface area is 120 Å². The Morgan fingerprint density at radius 2 is 1.85 bits per heavy atom. The number of carbonyl (C=O) groups is 2. The Kier molecular flexibility index (Phi) is 4.81. The van der Waals surface area contributed by atoms with Crippen LogP contribution in [0.2, 0.25) is 0 Å². The van der Waals surface area contributed by atoms with E-state index in [9.17, 15) is 18.0 Å². The topological polar surface area (TPSA) is 86.8 Å². The van der Waals surface area contributed by atoms with E-state index in [1.54, 1.807) is 14.1 Å². The van der Waals surface area contributed by atoms with Gasteiger partial charge in [-0.25, -0.2) is 8.42 Å². The van der Waals surface area contributed by atoms with Gasteiger partial charge in [0, 0.05) is 40.0 Å². The maximum atomic E-state index is 12.6. The summed E-state index contributed by atoms with van der Waals surface area (Å²) in [4.78, 5) is 27.5. The highest BCUT2D eigenvalue weighted by atomic mass is 32.2. The molecule has 2 amide bonds. The monoisotopic (exact) mass is 305 g/mol. The minimum Gasteiger partial charge on any atom is -0.347 e. The molecule has 0 aromatic rings. The van der Waals surface area contributed by atoms with Crippen molar-refractivity contribution in [1.29, 1.82) is 0 Å². The van der Waals surface area contributed by atoms with Crippen molar-refractivity contribution < 1.29 is 18.0 Å². The van der Waals surface area contributed by atoms with Gasteiger partial charge in [-0.1, -0.05) is 0 Å². The average molecular weight is 305 g/mol. The molecule has 0 spiro atoms. The van der Waals surface area contributed by atoms with Crippen LogP contribution in [0.25, 0.3) is 0 Å². The lowest BCUT2D eigenvalue weighted by atomic mass is 10.1. The van der Waals surface area contributed by atoms with Crippen molar-refractivity contribution >= 4 is 21.7 Å². The number of carbonyl (C=O) groups excluding carboxylic acids is 2. The van der Waals surface area contributed by atoms with E-state index < -0.39 is 26.5 Å². The molecule has 0 radical (unpaired) electrons. The number of piperazine rings is 1. The van der Waals surface area contributed by atoms with Crippen molar-refractivity contribution in [3.8, 4) is 0 Å². The molecule has 1 saturated heterocycles. The van der Waals surface area contributed by atoms with Gasteiger partial charge in [-0.3, -0.25) is 9.59 Å². The van der Waals surface area contributed by atoms with E-state index in [4.69, 9.17) is 0 Å². The zero-order valence-electron chi connectivity index (χ0n) is 12.6. The Bertz CT molecular complexity index is 499. The summed E-state index contributed by atoms with van der Waals surface area (Å²) >= 11 is 0. The van der Waals surface area contributed by atoms with Crippen LogP contribution in [-0.2, 0) is 19.4 Å². The van der Waals surface area contributed by atoms with Crippen molar-refractivity contribution in [3.05, 3.63) is 0 Å². The molecule has 0 bridgehead atoms. The third-order valence-corrected chi connectivity index (χ3v) is 5.70. The third-order valence-electron chi connectivity index (χ3n) is 3.67. The summed E-state index contributed by atoms with van der Waals surface area (Å²) in [6.07, 6.45) is 1.04. The lowest BCUT2D eigenvalue weighted by molar-refractivity contribution is -0.146. The predicted octanol–water partition coefficient (Wildman–Crippen LogP) is -1.30. The number of likely N-dealkylation sites (N-methyl/N-ethyl adjacent to an activating group) is 1. The second kappa shape index (κ2) is 5.69. The minimum atomic E-state index is -3.56. The number of rotatable bonds is 3. The van der Waals surface area contributed by atoms with Gasteiger partial charge in [0.25, 0.3) is 0 Å². The fourth-order valence-electron chi connectivity index (χ4n) is 1.97. The number of amides is 2. The molecule has 1 fully saturated rings. The molecule has 0 saturated carbocycles. The molecule has 0 aromatic heterocycles. The summed E-state index contributed by atoms with van der Waals surface area (Å²) in [5, 5.41) is 3.05. The molecule has 1 aliphatic rings. The highest BCUT2D eigenvalue weighted by molar-refractivity contribution is 7.92. The van der Waals surface area contributed by atoms with Crippen LogP contribution in [0.1, 0.15) is 13.8 Å². The predicted molar refractivity (Wildman–Crippen MR) is 76.0 cm³/mol. The van der Waals surface area contributed by atoms with Crippen molar-refractivity contribution in [2.45, 2.75) is 24.6 Å². The Balaban J connectivity index is 3.08. The van der Waals surface area contributed by atoms with E-state index in [0.717, 1.165) is 6.26 Å². The molecule has 20 heavy (non-hydrogen) atoms. The number of sulfone groups is 1. The molecule has 1 rings (SSSR count). The van der Waals surface area contributed by atoms with Crippen LogP contribution in [0.3, 0.4) is 0 Å². The summed E-state index contributed by atoms with van der Waals surface area (Å²) in [6.45, 7) is 3.96. The van der Waals surface area contributed by atoms with Crippen LogP contribution in [-0.4, -0.2) is 80.8 Å². The largest absolute Gasteiger partial charge is 0.347 e. The first-order valence-electron chi connectivity index (χ1n) is 6.42. The number of hydrogen-bond acceptors (Lipinski definition) is 5. The van der Waals surface area contributed by atoms with Crippen LogP contribution in [0.15, 0.2) is 0 Å². The van der Waals surface area contributed by atoms with Crippen molar-refractivity contribution in [2.75, 3.05) is 40.0 Å². The second-order valence-electron chi connectivity index (χ2n) is 5.73. The van der Waals surface area contributed by atoms with Gasteiger partial charge in [-0.15, -0.1) is 0 Å². The Hall–Kier alpha value is -1.15. The number of nitrogens with one attached hydrogen (secondary N) is 1. The normalized spacial score (nSPS) is 20.6. The quantitative estimate of drug-likeness (QED) is 0.700.